The van der Waals surface area contributed by atoms with E-state index in [9.17, 15) is 13.2 Å². The largest absolute Gasteiger partial charge is 0.496 e. The highest BCUT2D eigenvalue weighted by molar-refractivity contribution is 7.92. The Morgan fingerprint density at radius 1 is 1.17 bits per heavy atom. The van der Waals surface area contributed by atoms with Crippen LogP contribution in [0.4, 0.5) is 5.69 Å². The molecular formula is C23H24N2O4S. The number of rotatable bonds is 5. The number of fused-ring (bicyclic) bond motifs is 2. The zero-order valence-corrected chi connectivity index (χ0v) is 18.0. The van der Waals surface area contributed by atoms with Crippen molar-refractivity contribution >= 4 is 32.4 Å². The Bertz CT molecular complexity index is 1240. The third-order valence-electron chi connectivity index (χ3n) is 5.50. The molecule has 0 aromatic heterocycles. The fourth-order valence-electron chi connectivity index (χ4n) is 4.21. The molecule has 7 heteroatoms. The van der Waals surface area contributed by atoms with Crippen LogP contribution in [-0.4, -0.2) is 33.7 Å². The molecule has 0 bridgehead atoms. The number of carbonyl (C=O) groups excluding carboxylic acids is 1. The molecule has 1 aliphatic rings. The van der Waals surface area contributed by atoms with Crippen molar-refractivity contribution in [2.45, 2.75) is 25.9 Å². The lowest BCUT2D eigenvalue weighted by atomic mass is 10.0. The summed E-state index contributed by atoms with van der Waals surface area (Å²) < 4.78 is 31.1. The number of carbonyl (C=O) groups is 1. The van der Waals surface area contributed by atoms with Crippen molar-refractivity contribution in [3.63, 3.8) is 0 Å². The summed E-state index contributed by atoms with van der Waals surface area (Å²) in [4.78, 5) is 12.8. The average molecular weight is 425 g/mol. The van der Waals surface area contributed by atoms with Crippen molar-refractivity contribution in [1.82, 2.24) is 5.32 Å². The van der Waals surface area contributed by atoms with Crippen LogP contribution in [-0.2, 0) is 23.0 Å². The van der Waals surface area contributed by atoms with E-state index in [1.807, 2.05) is 43.3 Å². The molecule has 156 valence electrons. The van der Waals surface area contributed by atoms with Crippen LogP contribution in [0.3, 0.4) is 0 Å². The molecule has 1 unspecified atom stereocenters. The van der Waals surface area contributed by atoms with Crippen LogP contribution < -0.4 is 14.4 Å². The topological polar surface area (TPSA) is 75.7 Å². The molecule has 30 heavy (non-hydrogen) atoms. The lowest BCUT2D eigenvalue weighted by molar-refractivity contribution is 0.0951. The molecule has 3 aromatic carbocycles. The van der Waals surface area contributed by atoms with Crippen LogP contribution in [0.2, 0.25) is 0 Å². The Hall–Kier alpha value is -3.06. The van der Waals surface area contributed by atoms with Gasteiger partial charge in [0, 0.05) is 23.7 Å². The summed E-state index contributed by atoms with van der Waals surface area (Å²) in [6.45, 7) is 2.19. The Labute approximate surface area is 176 Å². The number of ether oxygens (including phenoxy) is 1. The molecular weight excluding hydrogens is 400 g/mol. The molecule has 6 nitrogen and oxygen atoms in total. The van der Waals surface area contributed by atoms with Gasteiger partial charge in [-0.1, -0.05) is 30.3 Å². The zero-order valence-electron chi connectivity index (χ0n) is 17.2. The smallest absolute Gasteiger partial charge is 0.251 e. The van der Waals surface area contributed by atoms with Crippen molar-refractivity contribution < 1.29 is 17.9 Å². The first-order valence-corrected chi connectivity index (χ1v) is 11.6. The normalized spacial score (nSPS) is 15.8. The van der Waals surface area contributed by atoms with Crippen LogP contribution in [0.5, 0.6) is 5.75 Å². The minimum Gasteiger partial charge on any atom is -0.496 e. The molecule has 0 saturated carbocycles. The second kappa shape index (κ2) is 7.65. The van der Waals surface area contributed by atoms with Gasteiger partial charge in [0.05, 0.1) is 19.1 Å². The van der Waals surface area contributed by atoms with Crippen molar-refractivity contribution in [2.75, 3.05) is 17.7 Å². The number of nitrogens with zero attached hydrogens (tertiary/aromatic N) is 1. The minimum absolute atomic E-state index is 0.159. The second-order valence-electron chi connectivity index (χ2n) is 7.61. The van der Waals surface area contributed by atoms with Gasteiger partial charge in [-0.2, -0.15) is 0 Å². The quantitative estimate of drug-likeness (QED) is 0.680. The fourth-order valence-corrected chi connectivity index (χ4v) is 5.47. The molecule has 0 fully saturated rings. The monoisotopic (exact) mass is 424 g/mol. The molecule has 0 radical (unpaired) electrons. The number of sulfonamides is 1. The van der Waals surface area contributed by atoms with Gasteiger partial charge in [0.15, 0.2) is 0 Å². The number of benzene rings is 3. The van der Waals surface area contributed by atoms with Crippen molar-refractivity contribution in [1.29, 1.82) is 0 Å². The van der Waals surface area contributed by atoms with Gasteiger partial charge in [-0.15, -0.1) is 0 Å². The molecule has 0 spiro atoms. The molecule has 1 heterocycles. The summed E-state index contributed by atoms with van der Waals surface area (Å²) >= 11 is 0. The van der Waals surface area contributed by atoms with Crippen LogP contribution in [0.15, 0.2) is 54.6 Å². The first kappa shape index (κ1) is 20.2. The van der Waals surface area contributed by atoms with E-state index in [0.29, 0.717) is 24.2 Å². The third-order valence-corrected chi connectivity index (χ3v) is 6.77. The van der Waals surface area contributed by atoms with E-state index in [0.717, 1.165) is 27.6 Å². The summed E-state index contributed by atoms with van der Waals surface area (Å²) in [5.41, 5.74) is 2.94. The number of nitrogens with one attached hydrogen (secondary N) is 1. The first-order chi connectivity index (χ1) is 14.3. The molecule has 0 saturated heterocycles. The summed E-state index contributed by atoms with van der Waals surface area (Å²) in [7, 11) is -1.74. The SMILES string of the molecule is COc1ccc2ccccc2c1CNC(=O)c1ccc2c(c1)CC(C)N2S(C)(=O)=O. The predicted molar refractivity (Wildman–Crippen MR) is 119 cm³/mol. The summed E-state index contributed by atoms with van der Waals surface area (Å²) in [5.74, 6) is 0.513. The van der Waals surface area contributed by atoms with Gasteiger partial charge >= 0.3 is 0 Å². The predicted octanol–water partition coefficient (Wildman–Crippen LogP) is 3.49. The van der Waals surface area contributed by atoms with Crippen molar-refractivity contribution in [3.05, 3.63) is 71.3 Å². The number of anilines is 1. The molecule has 0 aliphatic carbocycles. The summed E-state index contributed by atoms with van der Waals surface area (Å²) in [5, 5.41) is 5.09. The summed E-state index contributed by atoms with van der Waals surface area (Å²) in [6, 6.07) is 16.9. The van der Waals surface area contributed by atoms with Gasteiger partial charge in [0.1, 0.15) is 5.75 Å². The number of hydrogen-bond donors (Lipinski definition) is 1. The van der Waals surface area contributed by atoms with Crippen LogP contribution in [0.25, 0.3) is 10.8 Å². The Kier molecular flexibility index (Phi) is 5.15. The van der Waals surface area contributed by atoms with Crippen LogP contribution >= 0.6 is 0 Å². The Morgan fingerprint density at radius 2 is 1.93 bits per heavy atom. The van der Waals surface area contributed by atoms with E-state index < -0.39 is 10.0 Å². The molecule has 3 aromatic rings. The highest BCUT2D eigenvalue weighted by Gasteiger charge is 2.32. The molecule has 1 atom stereocenters. The van der Waals surface area contributed by atoms with Crippen LogP contribution in [0.1, 0.15) is 28.4 Å². The molecule has 1 aliphatic heterocycles. The highest BCUT2D eigenvalue weighted by atomic mass is 32.2. The Morgan fingerprint density at radius 3 is 2.67 bits per heavy atom. The lowest BCUT2D eigenvalue weighted by Gasteiger charge is -2.21. The molecule has 1 N–H and O–H groups in total. The van der Waals surface area contributed by atoms with Gasteiger partial charge in [0.25, 0.3) is 5.91 Å². The number of methoxy groups -OCH3 is 1. The fraction of sp³-hybridized carbons (Fsp3) is 0.261. The molecule has 4 rings (SSSR count). The first-order valence-electron chi connectivity index (χ1n) is 9.74. The van der Waals surface area contributed by atoms with E-state index in [4.69, 9.17) is 4.74 Å². The maximum absolute atomic E-state index is 12.8. The summed E-state index contributed by atoms with van der Waals surface area (Å²) in [6.07, 6.45) is 1.79. The van der Waals surface area contributed by atoms with E-state index >= 15 is 0 Å². The Balaban J connectivity index is 1.58. The second-order valence-corrected chi connectivity index (χ2v) is 9.47. The molecule has 1 amide bonds. The van der Waals surface area contributed by atoms with E-state index in [-0.39, 0.29) is 11.9 Å². The van der Waals surface area contributed by atoms with Crippen molar-refractivity contribution in [3.8, 4) is 5.75 Å². The van der Waals surface area contributed by atoms with E-state index in [1.54, 1.807) is 25.3 Å². The maximum atomic E-state index is 12.8. The highest BCUT2D eigenvalue weighted by Crippen LogP contribution is 2.35. The standard InChI is InChI=1S/C23H24N2O4S/c1-15-12-18-13-17(8-10-21(18)25(15)30(3,27)28)23(26)24-14-20-19-7-5-4-6-16(19)9-11-22(20)29-2/h4-11,13,15H,12,14H2,1-3H3,(H,24,26). The van der Waals surface area contributed by atoms with Crippen molar-refractivity contribution in [2.24, 2.45) is 0 Å². The third kappa shape index (κ3) is 3.61. The van der Waals surface area contributed by atoms with E-state index in [2.05, 4.69) is 5.32 Å². The van der Waals surface area contributed by atoms with Gasteiger partial charge in [-0.3, -0.25) is 9.10 Å². The number of hydrogen-bond acceptors (Lipinski definition) is 4. The zero-order chi connectivity index (χ0) is 21.5. The van der Waals surface area contributed by atoms with Gasteiger partial charge < -0.3 is 10.1 Å². The maximum Gasteiger partial charge on any atom is 0.251 e. The minimum atomic E-state index is -3.35. The van der Waals surface area contributed by atoms with Gasteiger partial charge in [-0.25, -0.2) is 8.42 Å². The van der Waals surface area contributed by atoms with E-state index in [1.165, 1.54) is 10.6 Å². The number of amides is 1. The van der Waals surface area contributed by atoms with Crippen LogP contribution in [0, 0.1) is 0 Å². The lowest BCUT2D eigenvalue weighted by Crippen LogP contribution is -2.34. The average Bonchev–Trinajstić information content (AvgIpc) is 3.06. The van der Waals surface area contributed by atoms with Gasteiger partial charge in [-0.05, 0) is 53.9 Å². The van der Waals surface area contributed by atoms with Gasteiger partial charge in [0.2, 0.25) is 10.0 Å².